The van der Waals surface area contributed by atoms with E-state index in [0.29, 0.717) is 0 Å². The van der Waals surface area contributed by atoms with Crippen LogP contribution in [0.25, 0.3) is 0 Å². The normalized spacial score (nSPS) is 10.8. The summed E-state index contributed by atoms with van der Waals surface area (Å²) in [5.41, 5.74) is -1.80. The number of halogens is 4. The van der Waals surface area contributed by atoms with E-state index in [4.69, 9.17) is 0 Å². The van der Waals surface area contributed by atoms with Gasteiger partial charge in [-0.25, -0.2) is 9.59 Å². The van der Waals surface area contributed by atoms with E-state index in [0.717, 1.165) is 0 Å². The minimum Gasteiger partial charge on any atom is -0.374 e. The Balaban J connectivity index is 3.99. The van der Waals surface area contributed by atoms with Gasteiger partial charge < -0.3 is 4.74 Å². The summed E-state index contributed by atoms with van der Waals surface area (Å²) in [5, 5.41) is 0. The molecule has 0 aromatic heterocycles. The first kappa shape index (κ1) is 9.22. The second-order valence-electron chi connectivity index (χ2n) is 1.12. The van der Waals surface area contributed by atoms with Gasteiger partial charge >= 0.3 is 17.6 Å². The number of carbonyl (C=O) groups is 2. The van der Waals surface area contributed by atoms with Gasteiger partial charge in [0.05, 0.1) is 0 Å². The van der Waals surface area contributed by atoms with Gasteiger partial charge in [-0.15, -0.1) is 0 Å². The van der Waals surface area contributed by atoms with E-state index < -0.39 is 17.6 Å². The van der Waals surface area contributed by atoms with Gasteiger partial charge in [0.15, 0.2) is 0 Å². The number of esters is 1. The maximum Gasteiger partial charge on any atom is 0.491 e. The average molecular weight is 176 g/mol. The molecule has 0 aliphatic rings. The summed E-state index contributed by atoms with van der Waals surface area (Å²) in [5.74, 6) is -2.62. The van der Waals surface area contributed by atoms with Crippen molar-refractivity contribution in [3.05, 3.63) is 0 Å². The number of hydrogen-bond acceptors (Lipinski definition) is 3. The summed E-state index contributed by atoms with van der Waals surface area (Å²) in [4.78, 5) is 19.1. The second kappa shape index (κ2) is 2.87. The minimum absolute atomic E-state index is 1.80. The molecule has 0 saturated carbocycles. The Labute approximate surface area is 57.7 Å². The fraction of sp³-hybridized carbons (Fsp3) is 0.333. The SMILES string of the molecule is O=C(Cl)OC(=O)C(F)(F)F. The van der Waals surface area contributed by atoms with E-state index >= 15 is 0 Å². The van der Waals surface area contributed by atoms with Gasteiger partial charge in [0.25, 0.3) is 0 Å². The third kappa shape index (κ3) is 3.29. The van der Waals surface area contributed by atoms with Gasteiger partial charge in [-0.1, -0.05) is 0 Å². The van der Waals surface area contributed by atoms with Crippen molar-refractivity contribution in [2.45, 2.75) is 6.18 Å². The first-order valence-corrected chi connectivity index (χ1v) is 2.20. The zero-order valence-electron chi connectivity index (χ0n) is 4.24. The molecule has 3 nitrogen and oxygen atoms in total. The van der Waals surface area contributed by atoms with Crippen LogP contribution in [-0.2, 0) is 9.53 Å². The monoisotopic (exact) mass is 176 g/mol. The molecule has 0 bridgehead atoms. The number of hydrogen-bond donors (Lipinski definition) is 0. The topological polar surface area (TPSA) is 43.4 Å². The van der Waals surface area contributed by atoms with Crippen LogP contribution in [0.15, 0.2) is 0 Å². The molecule has 7 heteroatoms. The van der Waals surface area contributed by atoms with Crippen LogP contribution >= 0.6 is 11.6 Å². The Morgan fingerprint density at radius 3 is 1.80 bits per heavy atom. The molecule has 0 heterocycles. The summed E-state index contributed by atoms with van der Waals surface area (Å²) in [6.07, 6.45) is -5.18. The van der Waals surface area contributed by atoms with Gasteiger partial charge in [-0.05, 0) is 0 Å². The quantitative estimate of drug-likeness (QED) is 0.319. The molecular formula is C3ClF3O3. The standard InChI is InChI=1S/C3ClF3O3/c4-2(9)10-1(8)3(5,6)7. The maximum atomic E-state index is 11.1. The molecule has 10 heavy (non-hydrogen) atoms. The summed E-state index contributed by atoms with van der Waals surface area (Å²) >= 11 is 4.30. The van der Waals surface area contributed by atoms with Gasteiger partial charge in [0.2, 0.25) is 0 Å². The Morgan fingerprint density at radius 1 is 1.30 bits per heavy atom. The van der Waals surface area contributed by atoms with Crippen LogP contribution in [0.5, 0.6) is 0 Å². The zero-order valence-corrected chi connectivity index (χ0v) is 4.99. The number of rotatable bonds is 0. The van der Waals surface area contributed by atoms with E-state index in [1.54, 1.807) is 0 Å². The molecule has 0 unspecified atom stereocenters. The van der Waals surface area contributed by atoms with Crippen molar-refractivity contribution >= 4 is 23.0 Å². The predicted octanol–water partition coefficient (Wildman–Crippen LogP) is 1.45. The van der Waals surface area contributed by atoms with Crippen molar-refractivity contribution in [3.63, 3.8) is 0 Å². The smallest absolute Gasteiger partial charge is 0.374 e. The molecular weight excluding hydrogens is 176 g/mol. The van der Waals surface area contributed by atoms with Gasteiger partial charge in [0.1, 0.15) is 0 Å². The highest BCUT2D eigenvalue weighted by Gasteiger charge is 2.42. The number of ether oxygens (including phenoxy) is 1. The van der Waals surface area contributed by atoms with Crippen molar-refractivity contribution in [3.8, 4) is 0 Å². The second-order valence-corrected chi connectivity index (χ2v) is 1.43. The highest BCUT2D eigenvalue weighted by Crippen LogP contribution is 2.16. The van der Waals surface area contributed by atoms with Crippen molar-refractivity contribution in [2.75, 3.05) is 0 Å². The number of alkyl halides is 3. The minimum atomic E-state index is -5.18. The molecule has 0 aliphatic carbocycles. The summed E-state index contributed by atoms with van der Waals surface area (Å²) in [6.45, 7) is 0. The van der Waals surface area contributed by atoms with Crippen molar-refractivity contribution in [1.29, 1.82) is 0 Å². The van der Waals surface area contributed by atoms with Gasteiger partial charge in [-0.2, -0.15) is 13.2 Å². The van der Waals surface area contributed by atoms with Crippen LogP contribution in [0.2, 0.25) is 0 Å². The van der Waals surface area contributed by atoms with Crippen LogP contribution < -0.4 is 0 Å². The Hall–Kier alpha value is -0.780. The van der Waals surface area contributed by atoms with Crippen LogP contribution in [0.3, 0.4) is 0 Å². The molecule has 0 N–H and O–H groups in total. The predicted molar refractivity (Wildman–Crippen MR) is 23.4 cm³/mol. The molecule has 0 aliphatic heterocycles. The third-order valence-electron chi connectivity index (χ3n) is 0.404. The van der Waals surface area contributed by atoms with Gasteiger partial charge in [-0.3, -0.25) is 0 Å². The Morgan fingerprint density at radius 2 is 1.70 bits per heavy atom. The number of carbonyl (C=O) groups excluding carboxylic acids is 2. The highest BCUT2D eigenvalue weighted by atomic mass is 35.5. The molecule has 0 amide bonds. The fourth-order valence-electron chi connectivity index (χ4n) is 0.131. The van der Waals surface area contributed by atoms with Crippen LogP contribution in [-0.4, -0.2) is 17.6 Å². The van der Waals surface area contributed by atoms with E-state index in [2.05, 4.69) is 16.3 Å². The van der Waals surface area contributed by atoms with Crippen LogP contribution in [0.4, 0.5) is 18.0 Å². The lowest BCUT2D eigenvalue weighted by atomic mass is 10.7. The third-order valence-corrected chi connectivity index (χ3v) is 0.482. The fourth-order valence-corrected chi connectivity index (χ4v) is 0.201. The Bertz CT molecular complexity index is 163. The molecule has 0 saturated heterocycles. The molecule has 0 atom stereocenters. The van der Waals surface area contributed by atoms with Crippen LogP contribution in [0.1, 0.15) is 0 Å². The van der Waals surface area contributed by atoms with Gasteiger partial charge in [0, 0.05) is 11.6 Å². The summed E-state index contributed by atoms with van der Waals surface area (Å²) in [7, 11) is 0. The molecule has 58 valence electrons. The molecule has 0 aromatic rings. The average Bonchev–Trinajstić information content (AvgIpc) is 1.60. The van der Waals surface area contributed by atoms with E-state index in [1.807, 2.05) is 0 Å². The molecule has 0 fully saturated rings. The first-order chi connectivity index (χ1) is 4.34. The lowest BCUT2D eigenvalue weighted by molar-refractivity contribution is -0.192. The lowest BCUT2D eigenvalue weighted by Crippen LogP contribution is -2.26. The zero-order chi connectivity index (χ0) is 8.36. The summed E-state index contributed by atoms with van der Waals surface area (Å²) < 4.78 is 36.3. The largest absolute Gasteiger partial charge is 0.491 e. The highest BCUT2D eigenvalue weighted by molar-refractivity contribution is 6.61. The molecule has 0 radical (unpaired) electrons. The van der Waals surface area contributed by atoms with E-state index in [1.165, 1.54) is 0 Å². The lowest BCUT2D eigenvalue weighted by Gasteiger charge is -2.00. The van der Waals surface area contributed by atoms with E-state index in [9.17, 15) is 22.8 Å². The molecule has 0 rings (SSSR count). The van der Waals surface area contributed by atoms with Crippen LogP contribution in [0, 0.1) is 0 Å². The maximum absolute atomic E-state index is 11.1. The molecule has 0 spiro atoms. The molecule has 0 aromatic carbocycles. The first-order valence-electron chi connectivity index (χ1n) is 1.82. The van der Waals surface area contributed by atoms with Crippen molar-refractivity contribution < 1.29 is 27.5 Å². The Kier molecular flexibility index (Phi) is 2.65. The summed E-state index contributed by atoms with van der Waals surface area (Å²) in [6, 6.07) is 0. The van der Waals surface area contributed by atoms with E-state index in [-0.39, 0.29) is 0 Å². The van der Waals surface area contributed by atoms with Crippen molar-refractivity contribution in [1.82, 2.24) is 0 Å². The van der Waals surface area contributed by atoms with Crippen molar-refractivity contribution in [2.24, 2.45) is 0 Å².